The number of aryl methyl sites for hydroxylation is 1. The molecular weight excluding hydrogens is 307 g/mol. The van der Waals surface area contributed by atoms with Crippen LogP contribution in [-0.4, -0.2) is 32.9 Å². The Hall–Kier alpha value is -1.86. The SMILES string of the molecule is CN(Cc1cn(C)nc1C(F)(F)F)C1Cc2ccccc2C1O. The number of benzene rings is 1. The Morgan fingerprint density at radius 2 is 2.04 bits per heavy atom. The quantitative estimate of drug-likeness (QED) is 0.943. The van der Waals surface area contributed by atoms with Gasteiger partial charge in [0.2, 0.25) is 0 Å². The zero-order valence-electron chi connectivity index (χ0n) is 12.9. The summed E-state index contributed by atoms with van der Waals surface area (Å²) < 4.78 is 40.3. The molecule has 0 spiro atoms. The Morgan fingerprint density at radius 3 is 2.70 bits per heavy atom. The summed E-state index contributed by atoms with van der Waals surface area (Å²) in [5.74, 6) is 0. The van der Waals surface area contributed by atoms with Gasteiger partial charge in [0.1, 0.15) is 0 Å². The van der Waals surface area contributed by atoms with E-state index in [1.165, 1.54) is 17.9 Å². The lowest BCUT2D eigenvalue weighted by atomic mass is 10.1. The summed E-state index contributed by atoms with van der Waals surface area (Å²) in [6.07, 6.45) is -3.17. The summed E-state index contributed by atoms with van der Waals surface area (Å²) in [6.45, 7) is 0.0817. The Kier molecular flexibility index (Phi) is 3.93. The summed E-state index contributed by atoms with van der Waals surface area (Å²) in [5, 5.41) is 14.0. The van der Waals surface area contributed by atoms with Crippen molar-refractivity contribution in [3.63, 3.8) is 0 Å². The monoisotopic (exact) mass is 325 g/mol. The number of likely N-dealkylation sites (N-methyl/N-ethyl adjacent to an activating group) is 1. The molecule has 0 saturated carbocycles. The van der Waals surface area contributed by atoms with Crippen molar-refractivity contribution < 1.29 is 18.3 Å². The number of nitrogens with zero attached hydrogens (tertiary/aromatic N) is 3. The first kappa shape index (κ1) is 16.0. The standard InChI is InChI=1S/C16H18F3N3O/c1-21(8-11-9-22(2)20-15(11)16(17,18)19)13-7-10-5-3-4-6-12(10)14(13)23/h3-6,9,13-14,23H,7-8H2,1-2H3. The minimum Gasteiger partial charge on any atom is -0.387 e. The molecule has 1 aromatic heterocycles. The van der Waals surface area contributed by atoms with Crippen LogP contribution in [0.4, 0.5) is 13.2 Å². The lowest BCUT2D eigenvalue weighted by molar-refractivity contribution is -0.142. The second-order valence-electron chi connectivity index (χ2n) is 6.00. The van der Waals surface area contributed by atoms with Gasteiger partial charge in [-0.2, -0.15) is 18.3 Å². The molecule has 2 aromatic rings. The van der Waals surface area contributed by atoms with Gasteiger partial charge in [0.15, 0.2) is 5.69 Å². The molecule has 1 aliphatic rings. The second-order valence-corrected chi connectivity index (χ2v) is 6.00. The van der Waals surface area contributed by atoms with Crippen LogP contribution in [0, 0.1) is 0 Å². The van der Waals surface area contributed by atoms with Gasteiger partial charge >= 0.3 is 6.18 Å². The molecule has 23 heavy (non-hydrogen) atoms. The number of alkyl halides is 3. The molecule has 0 saturated heterocycles. The highest BCUT2D eigenvalue weighted by molar-refractivity contribution is 5.36. The number of fused-ring (bicyclic) bond motifs is 1. The minimum absolute atomic E-state index is 0.0817. The summed E-state index contributed by atoms with van der Waals surface area (Å²) in [6, 6.07) is 7.31. The first-order valence-electron chi connectivity index (χ1n) is 7.33. The van der Waals surface area contributed by atoms with E-state index in [-0.39, 0.29) is 18.2 Å². The summed E-state index contributed by atoms with van der Waals surface area (Å²) >= 11 is 0. The molecule has 0 aliphatic heterocycles. The number of rotatable bonds is 3. The van der Waals surface area contributed by atoms with Gasteiger partial charge in [-0.1, -0.05) is 24.3 Å². The smallest absolute Gasteiger partial charge is 0.387 e. The van der Waals surface area contributed by atoms with Gasteiger partial charge in [-0.05, 0) is 24.6 Å². The van der Waals surface area contributed by atoms with Crippen LogP contribution in [-0.2, 0) is 26.2 Å². The van der Waals surface area contributed by atoms with Crippen LogP contribution in [0.1, 0.15) is 28.5 Å². The third kappa shape index (κ3) is 2.98. The molecule has 1 aromatic carbocycles. The van der Waals surface area contributed by atoms with Crippen LogP contribution >= 0.6 is 0 Å². The van der Waals surface area contributed by atoms with Crippen molar-refractivity contribution in [1.82, 2.24) is 14.7 Å². The summed E-state index contributed by atoms with van der Waals surface area (Å²) in [7, 11) is 3.20. The molecule has 1 N–H and O–H groups in total. The van der Waals surface area contributed by atoms with Crippen molar-refractivity contribution in [1.29, 1.82) is 0 Å². The van der Waals surface area contributed by atoms with E-state index in [1.54, 1.807) is 11.9 Å². The number of halogens is 3. The van der Waals surface area contributed by atoms with E-state index in [4.69, 9.17) is 0 Å². The average Bonchev–Trinajstić information content (AvgIpc) is 3.00. The van der Waals surface area contributed by atoms with Gasteiger partial charge in [0, 0.05) is 31.4 Å². The molecule has 1 heterocycles. The van der Waals surface area contributed by atoms with Crippen molar-refractivity contribution in [3.8, 4) is 0 Å². The molecule has 0 fully saturated rings. The molecule has 0 radical (unpaired) electrons. The molecular formula is C16H18F3N3O. The third-order valence-electron chi connectivity index (χ3n) is 4.33. The lowest BCUT2D eigenvalue weighted by Crippen LogP contribution is -2.35. The van der Waals surface area contributed by atoms with Crippen LogP contribution in [0.25, 0.3) is 0 Å². The predicted molar refractivity (Wildman–Crippen MR) is 78.6 cm³/mol. The summed E-state index contributed by atoms with van der Waals surface area (Å²) in [5.41, 5.74) is 1.15. The topological polar surface area (TPSA) is 41.3 Å². The number of aliphatic hydroxyl groups excluding tert-OH is 1. The largest absolute Gasteiger partial charge is 0.435 e. The molecule has 4 nitrogen and oxygen atoms in total. The van der Waals surface area contributed by atoms with Crippen molar-refractivity contribution in [2.45, 2.75) is 31.3 Å². The molecule has 2 atom stereocenters. The third-order valence-corrected chi connectivity index (χ3v) is 4.33. The number of aromatic nitrogens is 2. The van der Waals surface area contributed by atoms with Gasteiger partial charge < -0.3 is 5.11 Å². The molecule has 0 amide bonds. The molecule has 124 valence electrons. The lowest BCUT2D eigenvalue weighted by Gasteiger charge is -2.27. The number of hydrogen-bond donors (Lipinski definition) is 1. The Labute approximate surface area is 132 Å². The molecule has 2 unspecified atom stereocenters. The van der Waals surface area contributed by atoms with Gasteiger partial charge in [-0.3, -0.25) is 9.58 Å². The van der Waals surface area contributed by atoms with Gasteiger partial charge in [-0.25, -0.2) is 0 Å². The van der Waals surface area contributed by atoms with Crippen molar-refractivity contribution in [2.24, 2.45) is 7.05 Å². The van der Waals surface area contributed by atoms with Crippen LogP contribution in [0.2, 0.25) is 0 Å². The Balaban J connectivity index is 1.80. The molecule has 3 rings (SSSR count). The van der Waals surface area contributed by atoms with Crippen LogP contribution < -0.4 is 0 Å². The highest BCUT2D eigenvalue weighted by Gasteiger charge is 2.39. The highest BCUT2D eigenvalue weighted by atomic mass is 19.4. The maximum atomic E-state index is 13.0. The van der Waals surface area contributed by atoms with Gasteiger partial charge in [0.05, 0.1) is 6.10 Å². The van der Waals surface area contributed by atoms with Crippen molar-refractivity contribution >= 4 is 0 Å². The first-order chi connectivity index (χ1) is 10.8. The maximum absolute atomic E-state index is 13.0. The fourth-order valence-corrected chi connectivity index (χ4v) is 3.23. The minimum atomic E-state index is -4.48. The van der Waals surface area contributed by atoms with E-state index in [2.05, 4.69) is 5.10 Å². The van der Waals surface area contributed by atoms with E-state index in [1.807, 2.05) is 24.3 Å². The fraction of sp³-hybridized carbons (Fsp3) is 0.438. The van der Waals surface area contributed by atoms with E-state index < -0.39 is 18.0 Å². The zero-order chi connectivity index (χ0) is 16.8. The highest BCUT2D eigenvalue weighted by Crippen LogP contribution is 2.36. The normalized spacial score (nSPS) is 21.0. The first-order valence-corrected chi connectivity index (χ1v) is 7.33. The summed E-state index contributed by atoms with van der Waals surface area (Å²) in [4.78, 5) is 1.76. The van der Waals surface area contributed by atoms with Crippen LogP contribution in [0.3, 0.4) is 0 Å². The van der Waals surface area contributed by atoms with Crippen molar-refractivity contribution in [3.05, 3.63) is 52.8 Å². The second kappa shape index (κ2) is 5.65. The fourth-order valence-electron chi connectivity index (χ4n) is 3.23. The van der Waals surface area contributed by atoms with E-state index in [9.17, 15) is 18.3 Å². The van der Waals surface area contributed by atoms with Crippen molar-refractivity contribution in [2.75, 3.05) is 7.05 Å². The van der Waals surface area contributed by atoms with E-state index in [0.29, 0.717) is 6.42 Å². The van der Waals surface area contributed by atoms with Gasteiger partial charge in [-0.15, -0.1) is 0 Å². The Bertz CT molecular complexity index is 711. The molecule has 0 bridgehead atoms. The number of hydrogen-bond acceptors (Lipinski definition) is 3. The average molecular weight is 325 g/mol. The predicted octanol–water partition coefficient (Wildman–Crippen LogP) is 2.53. The molecule has 1 aliphatic carbocycles. The molecule has 7 heteroatoms. The van der Waals surface area contributed by atoms with Crippen LogP contribution in [0.5, 0.6) is 0 Å². The maximum Gasteiger partial charge on any atom is 0.435 e. The van der Waals surface area contributed by atoms with Gasteiger partial charge in [0.25, 0.3) is 0 Å². The van der Waals surface area contributed by atoms with E-state index >= 15 is 0 Å². The Morgan fingerprint density at radius 1 is 1.35 bits per heavy atom. The van der Waals surface area contributed by atoms with Crippen LogP contribution in [0.15, 0.2) is 30.5 Å². The zero-order valence-corrected chi connectivity index (χ0v) is 12.9. The number of aliphatic hydroxyl groups is 1. The van der Waals surface area contributed by atoms with E-state index in [0.717, 1.165) is 11.1 Å².